The zero-order valence-electron chi connectivity index (χ0n) is 20.5. The van der Waals surface area contributed by atoms with Gasteiger partial charge >= 0.3 is 0 Å². The predicted octanol–water partition coefficient (Wildman–Crippen LogP) is 4.73. The predicted molar refractivity (Wildman–Crippen MR) is 130 cm³/mol. The van der Waals surface area contributed by atoms with Crippen molar-refractivity contribution in [1.29, 1.82) is 0 Å². The summed E-state index contributed by atoms with van der Waals surface area (Å²) in [5, 5.41) is 12.6. The Morgan fingerprint density at radius 2 is 1.70 bits per heavy atom. The van der Waals surface area contributed by atoms with Gasteiger partial charge in [0.2, 0.25) is 11.7 Å². The molecule has 1 aromatic heterocycles. The molecule has 0 bridgehead atoms. The van der Waals surface area contributed by atoms with Gasteiger partial charge in [-0.15, -0.1) is 10.2 Å². The maximum atomic E-state index is 12.6. The van der Waals surface area contributed by atoms with Crippen LogP contribution in [0, 0.1) is 5.92 Å². The number of carbonyl (C=O) groups is 1. The largest absolute Gasteiger partial charge is 0.493 e. The molecular weight excluding hydrogens is 440 g/mol. The lowest BCUT2D eigenvalue weighted by Gasteiger charge is -2.26. The van der Waals surface area contributed by atoms with E-state index in [4.69, 9.17) is 14.2 Å². The molecule has 33 heavy (non-hydrogen) atoms. The second-order valence-corrected chi connectivity index (χ2v) is 10.1. The maximum Gasteiger partial charge on any atom is 0.233 e. The third-order valence-corrected chi connectivity index (χ3v) is 6.92. The zero-order valence-corrected chi connectivity index (χ0v) is 21.3. The van der Waals surface area contributed by atoms with Gasteiger partial charge in [0.1, 0.15) is 0 Å². The van der Waals surface area contributed by atoms with Gasteiger partial charge in [-0.25, -0.2) is 0 Å². The van der Waals surface area contributed by atoms with E-state index in [9.17, 15) is 4.79 Å². The Kier molecular flexibility index (Phi) is 8.88. The van der Waals surface area contributed by atoms with E-state index in [1.165, 1.54) is 31.0 Å². The smallest absolute Gasteiger partial charge is 0.233 e. The van der Waals surface area contributed by atoms with E-state index < -0.39 is 0 Å². The maximum absolute atomic E-state index is 12.6. The van der Waals surface area contributed by atoms with Crippen molar-refractivity contribution < 1.29 is 19.0 Å². The van der Waals surface area contributed by atoms with Crippen LogP contribution in [0.2, 0.25) is 0 Å². The van der Waals surface area contributed by atoms with Gasteiger partial charge in [0, 0.05) is 18.2 Å². The Balaban J connectivity index is 1.99. The molecule has 1 aliphatic rings. The highest BCUT2D eigenvalue weighted by Gasteiger charge is 2.27. The van der Waals surface area contributed by atoms with E-state index in [0.29, 0.717) is 29.7 Å². The summed E-state index contributed by atoms with van der Waals surface area (Å²) in [7, 11) is 4.79. The summed E-state index contributed by atoms with van der Waals surface area (Å²) in [5.41, 5.74) is 0.839. The van der Waals surface area contributed by atoms with Gasteiger partial charge in [0.05, 0.1) is 26.6 Å². The van der Waals surface area contributed by atoms with Crippen molar-refractivity contribution >= 4 is 17.7 Å². The van der Waals surface area contributed by atoms with Crippen molar-refractivity contribution in [3.05, 3.63) is 12.1 Å². The first-order valence-electron chi connectivity index (χ1n) is 11.6. The molecule has 0 aliphatic heterocycles. The van der Waals surface area contributed by atoms with Gasteiger partial charge < -0.3 is 19.5 Å². The summed E-state index contributed by atoms with van der Waals surface area (Å²) >= 11 is 1.46. The number of ether oxygens (including phenoxy) is 3. The molecule has 1 heterocycles. The van der Waals surface area contributed by atoms with Crippen molar-refractivity contribution in [1.82, 2.24) is 20.1 Å². The van der Waals surface area contributed by atoms with Gasteiger partial charge in [-0.1, -0.05) is 44.9 Å². The van der Waals surface area contributed by atoms with E-state index in [1.54, 1.807) is 21.3 Å². The van der Waals surface area contributed by atoms with Gasteiger partial charge in [0.25, 0.3) is 0 Å². The summed E-state index contributed by atoms with van der Waals surface area (Å²) < 4.78 is 18.8. The van der Waals surface area contributed by atoms with Crippen molar-refractivity contribution in [2.75, 3.05) is 27.9 Å². The lowest BCUT2D eigenvalue weighted by Crippen LogP contribution is -2.33. The minimum atomic E-state index is -0.275. The fourth-order valence-electron chi connectivity index (χ4n) is 4.09. The molecule has 0 saturated heterocycles. The van der Waals surface area contributed by atoms with Crippen LogP contribution in [0.15, 0.2) is 17.3 Å². The van der Waals surface area contributed by atoms with Crippen molar-refractivity contribution in [2.45, 2.75) is 69.3 Å². The second-order valence-electron chi connectivity index (χ2n) is 8.78. The lowest BCUT2D eigenvalue weighted by atomic mass is 9.95. The van der Waals surface area contributed by atoms with Crippen LogP contribution in [-0.4, -0.2) is 53.8 Å². The number of hydrogen-bond donors (Lipinski definition) is 1. The number of benzene rings is 1. The van der Waals surface area contributed by atoms with E-state index in [0.717, 1.165) is 29.4 Å². The summed E-state index contributed by atoms with van der Waals surface area (Å²) in [6, 6.07) is 4.09. The highest BCUT2D eigenvalue weighted by molar-refractivity contribution is 8.00. The van der Waals surface area contributed by atoms with Crippen LogP contribution >= 0.6 is 11.8 Å². The fourth-order valence-corrected chi connectivity index (χ4v) is 5.04. The Hall–Kier alpha value is -2.42. The third-order valence-electron chi connectivity index (χ3n) is 5.86. The Labute approximate surface area is 200 Å². The molecule has 1 fully saturated rings. The number of amides is 1. The molecule has 1 unspecified atom stereocenters. The van der Waals surface area contributed by atoms with Crippen LogP contribution in [0.3, 0.4) is 0 Å². The number of hydrogen-bond acceptors (Lipinski definition) is 7. The molecule has 3 rings (SSSR count). The fraction of sp³-hybridized carbons (Fsp3) is 0.625. The molecule has 1 atom stereocenters. The Morgan fingerprint density at radius 1 is 1.06 bits per heavy atom. The van der Waals surface area contributed by atoms with E-state index in [-0.39, 0.29) is 17.2 Å². The average molecular weight is 477 g/mol. The highest BCUT2D eigenvalue weighted by Crippen LogP contribution is 2.43. The minimum absolute atomic E-state index is 0.0150. The number of thioether (sulfide) groups is 1. The monoisotopic (exact) mass is 476 g/mol. The Morgan fingerprint density at radius 3 is 2.24 bits per heavy atom. The molecule has 0 spiro atoms. The SMILES string of the molecule is COc1cc(-c2nnc(SC(C)C(=O)NCC(C)C)n2C2CCCCC2)cc(OC)c1OC. The van der Waals surface area contributed by atoms with Crippen LogP contribution in [0.1, 0.15) is 58.9 Å². The van der Waals surface area contributed by atoms with Gasteiger partial charge in [-0.05, 0) is 37.8 Å². The summed E-state index contributed by atoms with van der Waals surface area (Å²) in [5.74, 6) is 2.85. The molecule has 9 heteroatoms. The molecule has 1 amide bonds. The molecule has 1 N–H and O–H groups in total. The topological polar surface area (TPSA) is 87.5 Å². The zero-order chi connectivity index (χ0) is 24.0. The van der Waals surface area contributed by atoms with Crippen LogP contribution in [-0.2, 0) is 4.79 Å². The third kappa shape index (κ3) is 5.93. The van der Waals surface area contributed by atoms with Crippen LogP contribution in [0.25, 0.3) is 11.4 Å². The van der Waals surface area contributed by atoms with Gasteiger partial charge in [-0.2, -0.15) is 0 Å². The number of rotatable bonds is 10. The number of nitrogens with one attached hydrogen (secondary N) is 1. The molecule has 1 aromatic carbocycles. The standard InChI is InChI=1S/C24H36N4O4S/c1-15(2)14-25-23(29)16(3)33-24-27-26-22(28(24)18-10-8-7-9-11-18)17-12-19(30-4)21(32-6)20(13-17)31-5/h12-13,15-16,18H,7-11,14H2,1-6H3,(H,25,29). The number of nitrogens with zero attached hydrogens (tertiary/aromatic N) is 3. The average Bonchev–Trinajstić information content (AvgIpc) is 3.25. The molecular formula is C24H36N4O4S. The van der Waals surface area contributed by atoms with Gasteiger partial charge in [0.15, 0.2) is 22.5 Å². The van der Waals surface area contributed by atoms with E-state index in [1.807, 2.05) is 19.1 Å². The van der Waals surface area contributed by atoms with E-state index in [2.05, 4.69) is 33.9 Å². The van der Waals surface area contributed by atoms with Crippen molar-refractivity contribution in [3.8, 4) is 28.6 Å². The van der Waals surface area contributed by atoms with Gasteiger partial charge in [-0.3, -0.25) is 9.36 Å². The first kappa shape index (κ1) is 25.2. The van der Waals surface area contributed by atoms with Crippen molar-refractivity contribution in [2.24, 2.45) is 5.92 Å². The molecule has 8 nitrogen and oxygen atoms in total. The van der Waals surface area contributed by atoms with Crippen molar-refractivity contribution in [3.63, 3.8) is 0 Å². The van der Waals surface area contributed by atoms with Crippen LogP contribution < -0.4 is 19.5 Å². The number of carbonyl (C=O) groups excluding carboxylic acids is 1. The number of aromatic nitrogens is 3. The highest BCUT2D eigenvalue weighted by atomic mass is 32.2. The summed E-state index contributed by atoms with van der Waals surface area (Å²) in [4.78, 5) is 12.6. The van der Waals surface area contributed by atoms with Crippen LogP contribution in [0.5, 0.6) is 17.2 Å². The summed E-state index contributed by atoms with van der Waals surface area (Å²) in [6.07, 6.45) is 5.72. The van der Waals surface area contributed by atoms with E-state index >= 15 is 0 Å². The molecule has 1 aliphatic carbocycles. The Bertz CT molecular complexity index is 916. The normalized spacial score (nSPS) is 15.4. The summed E-state index contributed by atoms with van der Waals surface area (Å²) in [6.45, 7) is 6.75. The second kappa shape index (κ2) is 11.6. The molecule has 1 saturated carbocycles. The first-order valence-corrected chi connectivity index (χ1v) is 12.5. The molecule has 0 radical (unpaired) electrons. The molecule has 182 valence electrons. The van der Waals surface area contributed by atoms with Crippen LogP contribution in [0.4, 0.5) is 0 Å². The quantitative estimate of drug-likeness (QED) is 0.496. The number of methoxy groups -OCH3 is 3. The first-order chi connectivity index (χ1) is 15.9. The minimum Gasteiger partial charge on any atom is -0.493 e. The molecule has 2 aromatic rings. The lowest BCUT2D eigenvalue weighted by molar-refractivity contribution is -0.120.